The zero-order valence-electron chi connectivity index (χ0n) is 24.6. The van der Waals surface area contributed by atoms with E-state index in [2.05, 4.69) is 25.7 Å². The number of anilines is 1. The van der Waals surface area contributed by atoms with Gasteiger partial charge in [-0.05, 0) is 55.7 Å². The lowest BCUT2D eigenvalue weighted by molar-refractivity contribution is -0.127. The van der Waals surface area contributed by atoms with Gasteiger partial charge in [-0.2, -0.15) is 4.80 Å². The molecule has 3 aromatic carbocycles. The van der Waals surface area contributed by atoms with Gasteiger partial charge in [-0.15, -0.1) is 10.2 Å². The largest absolute Gasteiger partial charge is 0.495 e. The summed E-state index contributed by atoms with van der Waals surface area (Å²) in [5, 5.41) is 17.0. The number of benzene rings is 3. The van der Waals surface area contributed by atoms with Crippen LogP contribution in [0.4, 0.5) is 5.69 Å². The first-order valence-electron chi connectivity index (χ1n) is 14.6. The van der Waals surface area contributed by atoms with E-state index >= 15 is 0 Å². The zero-order chi connectivity index (χ0) is 29.9. The van der Waals surface area contributed by atoms with Crippen LogP contribution in [-0.2, 0) is 16.1 Å². The molecule has 10 heteroatoms. The highest BCUT2D eigenvalue weighted by atomic mass is 16.5. The van der Waals surface area contributed by atoms with Gasteiger partial charge in [0.15, 0.2) is 0 Å². The minimum atomic E-state index is -0.986. The van der Waals surface area contributed by atoms with Gasteiger partial charge in [0.2, 0.25) is 11.7 Å². The van der Waals surface area contributed by atoms with Crippen molar-refractivity contribution in [3.63, 3.8) is 0 Å². The van der Waals surface area contributed by atoms with Crippen molar-refractivity contribution >= 4 is 28.4 Å². The predicted octanol–water partition coefficient (Wildman–Crippen LogP) is 5.28. The number of tetrazole rings is 1. The number of rotatable bonds is 9. The number of para-hydroxylation sites is 1. The number of nitrogens with one attached hydrogen (secondary N) is 2. The lowest BCUT2D eigenvalue weighted by Crippen LogP contribution is -2.47. The molecule has 5 aromatic rings. The number of aromatic amines is 1. The SMILES string of the molecule is COc1ccc(C)cc1N(C(=O)Cn1nnc(-c2ccc(C)cc2)n1)[C@@H](C(=O)NC1CCCC1)c1c[nH]c2ccccc12. The summed E-state index contributed by atoms with van der Waals surface area (Å²) in [5.74, 6) is 0.262. The molecule has 0 unspecified atom stereocenters. The van der Waals surface area contributed by atoms with Gasteiger partial charge >= 0.3 is 0 Å². The van der Waals surface area contributed by atoms with E-state index in [1.54, 1.807) is 7.11 Å². The molecule has 6 rings (SSSR count). The summed E-state index contributed by atoms with van der Waals surface area (Å²) in [4.78, 5) is 34.8. The van der Waals surface area contributed by atoms with Crippen molar-refractivity contribution in [1.82, 2.24) is 30.5 Å². The van der Waals surface area contributed by atoms with Crippen molar-refractivity contribution in [2.75, 3.05) is 12.0 Å². The molecule has 0 aliphatic heterocycles. The maximum atomic E-state index is 14.4. The van der Waals surface area contributed by atoms with Crippen LogP contribution in [0.25, 0.3) is 22.3 Å². The third-order valence-electron chi connectivity index (χ3n) is 8.03. The number of fused-ring (bicyclic) bond motifs is 1. The summed E-state index contributed by atoms with van der Waals surface area (Å²) in [6, 6.07) is 20.2. The normalized spacial score (nSPS) is 14.1. The zero-order valence-corrected chi connectivity index (χ0v) is 24.6. The molecule has 2 N–H and O–H groups in total. The highest BCUT2D eigenvalue weighted by molar-refractivity contribution is 6.04. The van der Waals surface area contributed by atoms with Crippen molar-refractivity contribution in [2.24, 2.45) is 0 Å². The Balaban J connectivity index is 1.44. The third-order valence-corrected chi connectivity index (χ3v) is 8.03. The fourth-order valence-corrected chi connectivity index (χ4v) is 5.80. The first-order valence-corrected chi connectivity index (χ1v) is 14.6. The van der Waals surface area contributed by atoms with Crippen molar-refractivity contribution in [1.29, 1.82) is 0 Å². The summed E-state index contributed by atoms with van der Waals surface area (Å²) >= 11 is 0. The summed E-state index contributed by atoms with van der Waals surface area (Å²) in [6.45, 7) is 3.72. The first-order chi connectivity index (χ1) is 20.9. The fourth-order valence-electron chi connectivity index (χ4n) is 5.80. The van der Waals surface area contributed by atoms with Crippen LogP contribution < -0.4 is 15.0 Å². The molecule has 1 atom stereocenters. The second-order valence-electron chi connectivity index (χ2n) is 11.1. The number of methoxy groups -OCH3 is 1. The number of ether oxygens (including phenoxy) is 1. The summed E-state index contributed by atoms with van der Waals surface area (Å²) < 4.78 is 5.74. The van der Waals surface area contributed by atoms with Crippen LogP contribution in [-0.4, -0.2) is 50.2 Å². The van der Waals surface area contributed by atoms with E-state index < -0.39 is 6.04 Å². The number of carbonyl (C=O) groups is 2. The summed E-state index contributed by atoms with van der Waals surface area (Å²) in [6.07, 6.45) is 5.78. The van der Waals surface area contributed by atoms with Crippen LogP contribution >= 0.6 is 0 Å². The van der Waals surface area contributed by atoms with Gasteiger partial charge in [0.1, 0.15) is 18.3 Å². The Morgan fingerprint density at radius 1 is 1.05 bits per heavy atom. The fraction of sp³-hybridized carbons (Fsp3) is 0.303. The summed E-state index contributed by atoms with van der Waals surface area (Å²) in [5.41, 5.74) is 4.89. The molecule has 0 radical (unpaired) electrons. The number of aryl methyl sites for hydroxylation is 2. The predicted molar refractivity (Wildman–Crippen MR) is 165 cm³/mol. The number of hydrogen-bond donors (Lipinski definition) is 2. The van der Waals surface area contributed by atoms with Gasteiger partial charge in [-0.25, -0.2) is 0 Å². The number of nitrogens with zero attached hydrogens (tertiary/aromatic N) is 5. The van der Waals surface area contributed by atoms with Crippen molar-refractivity contribution < 1.29 is 14.3 Å². The molecule has 0 spiro atoms. The van der Waals surface area contributed by atoms with E-state index in [4.69, 9.17) is 4.74 Å². The van der Waals surface area contributed by atoms with Crippen molar-refractivity contribution in [3.05, 3.63) is 89.6 Å². The van der Waals surface area contributed by atoms with Crippen LogP contribution in [0.3, 0.4) is 0 Å². The summed E-state index contributed by atoms with van der Waals surface area (Å²) in [7, 11) is 1.56. The molecule has 1 saturated carbocycles. The molecule has 0 bridgehead atoms. The Bertz CT molecular complexity index is 1750. The maximum Gasteiger partial charge on any atom is 0.251 e. The standard InChI is InChI=1S/C33H35N7O3/c1-21-12-15-23(16-13-21)32-36-38-39(37-32)20-30(41)40(28-18-22(2)14-17-29(28)43-3)31(33(42)35-24-8-4-5-9-24)26-19-34-27-11-7-6-10-25(26)27/h6-7,10-19,24,31,34H,4-5,8-9,20H2,1-3H3,(H,35,42)/t31-/m1/s1. The molecular weight excluding hydrogens is 542 g/mol. The monoisotopic (exact) mass is 577 g/mol. The third kappa shape index (κ3) is 5.86. The Morgan fingerprint density at radius 2 is 1.79 bits per heavy atom. The molecule has 10 nitrogen and oxygen atoms in total. The molecule has 43 heavy (non-hydrogen) atoms. The number of carbonyl (C=O) groups excluding carboxylic acids is 2. The van der Waals surface area contributed by atoms with Crippen LogP contribution in [0.2, 0.25) is 0 Å². The van der Waals surface area contributed by atoms with Crippen LogP contribution in [0, 0.1) is 13.8 Å². The van der Waals surface area contributed by atoms with E-state index in [-0.39, 0.29) is 24.4 Å². The van der Waals surface area contributed by atoms with Crippen LogP contribution in [0.15, 0.2) is 72.9 Å². The highest BCUT2D eigenvalue weighted by Crippen LogP contribution is 2.38. The average Bonchev–Trinajstić information content (AvgIpc) is 3.78. The van der Waals surface area contributed by atoms with E-state index in [9.17, 15) is 9.59 Å². The van der Waals surface area contributed by atoms with Crippen LogP contribution in [0.5, 0.6) is 5.75 Å². The Kier molecular flexibility index (Phi) is 7.91. The number of hydrogen-bond acceptors (Lipinski definition) is 6. The van der Waals surface area contributed by atoms with Crippen LogP contribution in [0.1, 0.15) is 48.4 Å². The van der Waals surface area contributed by atoms with Gasteiger partial charge in [-0.1, -0.05) is 66.9 Å². The van der Waals surface area contributed by atoms with Gasteiger partial charge in [0.25, 0.3) is 5.91 Å². The van der Waals surface area contributed by atoms with E-state index in [1.165, 1.54) is 9.70 Å². The quantitative estimate of drug-likeness (QED) is 0.246. The molecule has 220 valence electrons. The molecule has 2 heterocycles. The second-order valence-corrected chi connectivity index (χ2v) is 11.1. The molecule has 2 amide bonds. The topological polar surface area (TPSA) is 118 Å². The number of H-pyrrole nitrogens is 1. The Labute approximate surface area is 250 Å². The molecule has 1 fully saturated rings. The minimum absolute atomic E-state index is 0.0608. The molecular formula is C33H35N7O3. The molecule has 0 saturated heterocycles. The van der Waals surface area contributed by atoms with E-state index in [1.807, 2.05) is 86.8 Å². The Hall–Kier alpha value is -4.99. The Morgan fingerprint density at radius 3 is 2.56 bits per heavy atom. The van der Waals surface area contributed by atoms with Crippen molar-refractivity contribution in [3.8, 4) is 17.1 Å². The smallest absolute Gasteiger partial charge is 0.251 e. The second kappa shape index (κ2) is 12.1. The minimum Gasteiger partial charge on any atom is -0.495 e. The maximum absolute atomic E-state index is 14.4. The van der Waals surface area contributed by atoms with E-state index in [0.29, 0.717) is 22.8 Å². The van der Waals surface area contributed by atoms with Gasteiger partial charge in [0, 0.05) is 34.3 Å². The molecule has 1 aliphatic carbocycles. The highest BCUT2D eigenvalue weighted by Gasteiger charge is 2.37. The molecule has 1 aliphatic rings. The molecule has 2 aromatic heterocycles. The van der Waals surface area contributed by atoms with E-state index in [0.717, 1.165) is 53.3 Å². The van der Waals surface area contributed by atoms with Gasteiger partial charge in [-0.3, -0.25) is 14.5 Å². The lowest BCUT2D eigenvalue weighted by Gasteiger charge is -2.33. The lowest BCUT2D eigenvalue weighted by atomic mass is 10.0. The number of amides is 2. The number of aromatic nitrogens is 5. The van der Waals surface area contributed by atoms with Crippen molar-refractivity contribution in [2.45, 2.75) is 58.2 Å². The first kappa shape index (κ1) is 28.1. The van der Waals surface area contributed by atoms with Gasteiger partial charge in [0.05, 0.1) is 12.8 Å². The van der Waals surface area contributed by atoms with Gasteiger partial charge < -0.3 is 15.0 Å². The average molecular weight is 578 g/mol.